The van der Waals surface area contributed by atoms with Crippen molar-refractivity contribution < 1.29 is 4.79 Å². The van der Waals surface area contributed by atoms with Crippen LogP contribution in [0.15, 0.2) is 18.2 Å². The van der Waals surface area contributed by atoms with E-state index in [2.05, 4.69) is 11.8 Å². The van der Waals surface area contributed by atoms with E-state index in [0.29, 0.717) is 12.1 Å². The molecule has 0 fully saturated rings. The molecule has 0 saturated heterocycles. The van der Waals surface area contributed by atoms with Crippen LogP contribution in [0.1, 0.15) is 21.5 Å². The molecule has 1 rings (SSSR count). The number of carbonyl (C=O) groups excluding carboxylic acids is 1. The van der Waals surface area contributed by atoms with Crippen LogP contribution in [0.4, 0.5) is 0 Å². The monoisotopic (exact) mass is 216 g/mol. The lowest BCUT2D eigenvalue weighted by atomic mass is 10.0. The Hall–Kier alpha value is -1.79. The molecule has 16 heavy (non-hydrogen) atoms. The van der Waals surface area contributed by atoms with Gasteiger partial charge in [-0.3, -0.25) is 9.69 Å². The summed E-state index contributed by atoms with van der Waals surface area (Å²) in [6.45, 7) is 2.55. The number of benzene rings is 1. The lowest BCUT2D eigenvalue weighted by Gasteiger charge is -2.02. The van der Waals surface area contributed by atoms with Gasteiger partial charge in [0.05, 0.1) is 6.54 Å². The molecule has 3 nitrogen and oxygen atoms in total. The molecule has 0 bridgehead atoms. The molecule has 1 aromatic carbocycles. The number of amides is 1. The van der Waals surface area contributed by atoms with Gasteiger partial charge >= 0.3 is 0 Å². The van der Waals surface area contributed by atoms with E-state index in [-0.39, 0.29) is 0 Å². The average Bonchev–Trinajstić information content (AvgIpc) is 2.19. The molecular formula is C13H16N2O. The van der Waals surface area contributed by atoms with E-state index < -0.39 is 5.91 Å². The number of carbonyl (C=O) groups is 1. The van der Waals surface area contributed by atoms with Gasteiger partial charge < -0.3 is 5.73 Å². The smallest absolute Gasteiger partial charge is 0.249 e. The number of rotatable bonds is 2. The highest BCUT2D eigenvalue weighted by molar-refractivity contribution is 5.94. The van der Waals surface area contributed by atoms with Gasteiger partial charge in [0, 0.05) is 11.1 Å². The van der Waals surface area contributed by atoms with E-state index in [1.165, 1.54) is 0 Å². The van der Waals surface area contributed by atoms with Crippen LogP contribution in [0.3, 0.4) is 0 Å². The maximum absolute atomic E-state index is 11.1. The normalized spacial score (nSPS) is 9.75. The molecule has 0 saturated carbocycles. The molecule has 2 N–H and O–H groups in total. The van der Waals surface area contributed by atoms with Crippen LogP contribution >= 0.6 is 0 Å². The highest BCUT2D eigenvalue weighted by atomic mass is 16.1. The van der Waals surface area contributed by atoms with Crippen LogP contribution in [-0.2, 0) is 0 Å². The second-order valence-corrected chi connectivity index (χ2v) is 3.93. The van der Waals surface area contributed by atoms with Crippen molar-refractivity contribution in [1.82, 2.24) is 4.90 Å². The van der Waals surface area contributed by atoms with E-state index >= 15 is 0 Å². The van der Waals surface area contributed by atoms with Crippen LogP contribution in [0.25, 0.3) is 0 Å². The van der Waals surface area contributed by atoms with Crippen LogP contribution in [0.2, 0.25) is 0 Å². The molecule has 1 amide bonds. The summed E-state index contributed by atoms with van der Waals surface area (Å²) in [7, 11) is 3.91. The van der Waals surface area contributed by atoms with Crippen LogP contribution in [-0.4, -0.2) is 31.4 Å². The Bertz CT molecular complexity index is 453. The maximum Gasteiger partial charge on any atom is 0.249 e. The van der Waals surface area contributed by atoms with Crippen molar-refractivity contribution in [2.24, 2.45) is 5.73 Å². The summed E-state index contributed by atoms with van der Waals surface area (Å²) in [5, 5.41) is 0. The molecule has 0 radical (unpaired) electrons. The number of aryl methyl sites for hydroxylation is 1. The fourth-order valence-corrected chi connectivity index (χ4v) is 1.26. The number of hydrogen-bond donors (Lipinski definition) is 1. The van der Waals surface area contributed by atoms with Crippen LogP contribution < -0.4 is 5.73 Å². The summed E-state index contributed by atoms with van der Waals surface area (Å²) < 4.78 is 0. The molecule has 1 aromatic rings. The average molecular weight is 216 g/mol. The van der Waals surface area contributed by atoms with Crippen molar-refractivity contribution in [2.45, 2.75) is 6.92 Å². The number of hydrogen-bond acceptors (Lipinski definition) is 2. The van der Waals surface area contributed by atoms with Gasteiger partial charge in [0.25, 0.3) is 0 Å². The molecular weight excluding hydrogens is 200 g/mol. The maximum atomic E-state index is 11.1. The molecule has 0 aliphatic heterocycles. The summed E-state index contributed by atoms with van der Waals surface area (Å²) in [5.74, 6) is 5.60. The number of nitrogens with zero attached hydrogens (tertiary/aromatic N) is 1. The van der Waals surface area contributed by atoms with Gasteiger partial charge in [-0.25, -0.2) is 0 Å². The Labute approximate surface area is 96.2 Å². The number of nitrogens with two attached hydrogens (primary N) is 1. The first-order valence-corrected chi connectivity index (χ1v) is 5.05. The minimum atomic E-state index is -0.409. The van der Waals surface area contributed by atoms with Crippen molar-refractivity contribution in [3.8, 4) is 11.8 Å². The largest absolute Gasteiger partial charge is 0.366 e. The third kappa shape index (κ3) is 3.41. The van der Waals surface area contributed by atoms with Crippen molar-refractivity contribution in [1.29, 1.82) is 0 Å². The predicted octanol–water partition coefficient (Wildman–Crippen LogP) is 1.01. The zero-order valence-electron chi connectivity index (χ0n) is 9.87. The summed E-state index contributed by atoms with van der Waals surface area (Å²) in [6.07, 6.45) is 0. The third-order valence-electron chi connectivity index (χ3n) is 2.13. The molecule has 0 aliphatic rings. The Morgan fingerprint density at radius 2 is 2.12 bits per heavy atom. The zero-order chi connectivity index (χ0) is 12.1. The Morgan fingerprint density at radius 1 is 1.44 bits per heavy atom. The van der Waals surface area contributed by atoms with Gasteiger partial charge in [0.15, 0.2) is 0 Å². The molecule has 84 valence electrons. The molecule has 0 atom stereocenters. The van der Waals surface area contributed by atoms with E-state index in [4.69, 9.17) is 5.73 Å². The summed E-state index contributed by atoms with van der Waals surface area (Å²) >= 11 is 0. The highest BCUT2D eigenvalue weighted by Gasteiger charge is 2.04. The van der Waals surface area contributed by atoms with Crippen LogP contribution in [0, 0.1) is 18.8 Å². The van der Waals surface area contributed by atoms with Gasteiger partial charge in [0.1, 0.15) is 0 Å². The first kappa shape index (κ1) is 12.3. The van der Waals surface area contributed by atoms with Gasteiger partial charge in [-0.05, 0) is 38.7 Å². The fourth-order valence-electron chi connectivity index (χ4n) is 1.26. The summed E-state index contributed by atoms with van der Waals surface area (Å²) in [5.41, 5.74) is 7.50. The van der Waals surface area contributed by atoms with E-state index in [1.807, 2.05) is 38.1 Å². The molecule has 0 spiro atoms. The van der Waals surface area contributed by atoms with Crippen molar-refractivity contribution >= 4 is 5.91 Å². The van der Waals surface area contributed by atoms with Gasteiger partial charge in [0.2, 0.25) is 5.91 Å². The first-order valence-electron chi connectivity index (χ1n) is 5.05. The topological polar surface area (TPSA) is 46.3 Å². The Balaban J connectivity index is 2.94. The van der Waals surface area contributed by atoms with Gasteiger partial charge in [-0.1, -0.05) is 17.9 Å². The molecule has 0 aliphatic carbocycles. The van der Waals surface area contributed by atoms with Crippen molar-refractivity contribution in [2.75, 3.05) is 20.6 Å². The van der Waals surface area contributed by atoms with Gasteiger partial charge in [-0.15, -0.1) is 0 Å². The van der Waals surface area contributed by atoms with Crippen molar-refractivity contribution in [3.05, 3.63) is 34.9 Å². The molecule has 3 heteroatoms. The third-order valence-corrected chi connectivity index (χ3v) is 2.13. The van der Waals surface area contributed by atoms with Crippen LogP contribution in [0.5, 0.6) is 0 Å². The predicted molar refractivity (Wildman–Crippen MR) is 65.1 cm³/mol. The molecule has 0 aromatic heterocycles. The minimum absolute atomic E-state index is 0.409. The summed E-state index contributed by atoms with van der Waals surface area (Å²) in [4.78, 5) is 13.1. The second-order valence-electron chi connectivity index (χ2n) is 3.93. The zero-order valence-corrected chi connectivity index (χ0v) is 9.87. The summed E-state index contributed by atoms with van der Waals surface area (Å²) in [6, 6.07) is 5.49. The molecule has 0 heterocycles. The fraction of sp³-hybridized carbons (Fsp3) is 0.308. The quantitative estimate of drug-likeness (QED) is 0.750. The van der Waals surface area contributed by atoms with Gasteiger partial charge in [-0.2, -0.15) is 0 Å². The van der Waals surface area contributed by atoms with E-state index in [9.17, 15) is 4.79 Å². The van der Waals surface area contributed by atoms with Crippen molar-refractivity contribution in [3.63, 3.8) is 0 Å². The standard InChI is InChI=1S/C13H16N2O/c1-10-6-7-11(5-4-8-15(2)3)9-12(10)13(14)16/h6-7,9H,8H2,1-3H3,(H2,14,16). The minimum Gasteiger partial charge on any atom is -0.366 e. The first-order chi connectivity index (χ1) is 7.50. The molecule has 0 unspecified atom stereocenters. The Morgan fingerprint density at radius 3 is 2.69 bits per heavy atom. The Kier molecular flexibility index (Phi) is 4.10. The second kappa shape index (κ2) is 5.34. The number of primary amides is 1. The lowest BCUT2D eigenvalue weighted by Crippen LogP contribution is -2.13. The highest BCUT2D eigenvalue weighted by Crippen LogP contribution is 2.09. The van der Waals surface area contributed by atoms with E-state index in [1.54, 1.807) is 6.07 Å². The SMILES string of the molecule is Cc1ccc(C#CCN(C)C)cc1C(N)=O. The lowest BCUT2D eigenvalue weighted by molar-refractivity contribution is 0.0999. The van der Waals surface area contributed by atoms with E-state index in [0.717, 1.165) is 11.1 Å².